The van der Waals surface area contributed by atoms with Gasteiger partial charge in [0.25, 0.3) is 11.8 Å². The van der Waals surface area contributed by atoms with Gasteiger partial charge in [-0.05, 0) is 76.7 Å². The van der Waals surface area contributed by atoms with Crippen molar-refractivity contribution in [3.05, 3.63) is 89.4 Å². The van der Waals surface area contributed by atoms with Crippen LogP contribution < -0.4 is 19.7 Å². The molecular weight excluding hydrogens is 711 g/mol. The number of carbonyl (C=O) groups is 3. The molecule has 0 saturated carbocycles. The molecule has 4 rings (SSSR count). The van der Waals surface area contributed by atoms with E-state index in [1.54, 1.807) is 24.3 Å². The van der Waals surface area contributed by atoms with Crippen LogP contribution in [-0.4, -0.2) is 25.0 Å². The minimum atomic E-state index is -4.76. The van der Waals surface area contributed by atoms with Crippen molar-refractivity contribution in [1.29, 1.82) is 0 Å². The SMILES string of the molecule is COc1cc(/C=C2\C(=O)NC(=O)N(c3cc(C(F)(F)F)ccc3Cl)C2=O)cc(I)c1OCc1ccc(Cl)cc1Cl. The summed E-state index contributed by atoms with van der Waals surface area (Å²) in [5, 5.41) is 2.53. The Morgan fingerprint density at radius 1 is 1.00 bits per heavy atom. The van der Waals surface area contributed by atoms with E-state index in [9.17, 15) is 27.6 Å². The number of benzene rings is 3. The van der Waals surface area contributed by atoms with Crippen LogP contribution in [0.3, 0.4) is 0 Å². The standard InChI is InChI=1S/C26H15Cl3F3IN2O5/c1-39-21-8-12(7-19(33)22(21)40-11-13-2-4-15(27)10-18(13)29)6-16-23(36)34-25(38)35(24(16)37)20-9-14(26(30,31)32)3-5-17(20)28/h2-10H,11H2,1H3,(H,34,36,38)/b16-6+. The summed E-state index contributed by atoms with van der Waals surface area (Å²) < 4.78 is 51.7. The molecular formula is C26H15Cl3F3IN2O5. The Balaban J connectivity index is 1.68. The lowest BCUT2D eigenvalue weighted by molar-refractivity contribution is -0.137. The molecule has 0 aromatic heterocycles. The average molecular weight is 726 g/mol. The van der Waals surface area contributed by atoms with Crippen LogP contribution in [0.25, 0.3) is 6.08 Å². The van der Waals surface area contributed by atoms with Crippen LogP contribution in [0, 0.1) is 3.57 Å². The summed E-state index contributed by atoms with van der Waals surface area (Å²) in [6.45, 7) is 0.0819. The van der Waals surface area contributed by atoms with Gasteiger partial charge < -0.3 is 9.47 Å². The van der Waals surface area contributed by atoms with Crippen LogP contribution in [-0.2, 0) is 22.4 Å². The summed E-state index contributed by atoms with van der Waals surface area (Å²) in [6, 6.07) is 8.92. The Kier molecular flexibility index (Phi) is 8.88. The Labute approximate surface area is 253 Å². The topological polar surface area (TPSA) is 84.9 Å². The van der Waals surface area contributed by atoms with Crippen LogP contribution in [0.5, 0.6) is 11.5 Å². The van der Waals surface area contributed by atoms with Crippen molar-refractivity contribution in [2.75, 3.05) is 12.0 Å². The number of ether oxygens (including phenoxy) is 2. The number of hydrogen-bond donors (Lipinski definition) is 1. The minimum Gasteiger partial charge on any atom is -0.493 e. The van der Waals surface area contributed by atoms with E-state index >= 15 is 0 Å². The molecule has 0 radical (unpaired) electrons. The molecule has 7 nitrogen and oxygen atoms in total. The second-order valence-electron chi connectivity index (χ2n) is 8.18. The fourth-order valence-corrected chi connectivity index (χ4v) is 5.10. The van der Waals surface area contributed by atoms with Crippen LogP contribution in [0.2, 0.25) is 15.1 Å². The van der Waals surface area contributed by atoms with Gasteiger partial charge in [-0.25, -0.2) is 9.69 Å². The lowest BCUT2D eigenvalue weighted by atomic mass is 10.1. The molecule has 0 unspecified atom stereocenters. The maximum absolute atomic E-state index is 13.3. The number of halogens is 7. The molecule has 1 aliphatic heterocycles. The van der Waals surface area contributed by atoms with Gasteiger partial charge in [0.2, 0.25) is 0 Å². The zero-order chi connectivity index (χ0) is 29.4. The second kappa shape index (κ2) is 11.9. The lowest BCUT2D eigenvalue weighted by Gasteiger charge is -2.27. The quantitative estimate of drug-likeness (QED) is 0.162. The first-order valence-electron chi connectivity index (χ1n) is 11.0. The number of nitrogens with zero attached hydrogens (tertiary/aromatic N) is 1. The number of alkyl halides is 3. The number of urea groups is 1. The first kappa shape index (κ1) is 30.0. The molecule has 3 aromatic rings. The van der Waals surface area contributed by atoms with Crippen molar-refractivity contribution in [3.63, 3.8) is 0 Å². The van der Waals surface area contributed by atoms with Gasteiger partial charge in [-0.1, -0.05) is 40.9 Å². The minimum absolute atomic E-state index is 0.0819. The highest BCUT2D eigenvalue weighted by Crippen LogP contribution is 2.38. The van der Waals surface area contributed by atoms with E-state index < -0.39 is 40.8 Å². The van der Waals surface area contributed by atoms with E-state index in [-0.39, 0.29) is 17.4 Å². The van der Waals surface area contributed by atoms with Crippen molar-refractivity contribution in [2.24, 2.45) is 0 Å². The van der Waals surface area contributed by atoms with E-state index in [4.69, 9.17) is 44.3 Å². The van der Waals surface area contributed by atoms with Crippen molar-refractivity contribution < 1.29 is 37.0 Å². The number of amides is 4. The zero-order valence-corrected chi connectivity index (χ0v) is 24.5. The van der Waals surface area contributed by atoms with E-state index in [2.05, 4.69) is 0 Å². The summed E-state index contributed by atoms with van der Waals surface area (Å²) >= 11 is 20.1. The predicted molar refractivity (Wildman–Crippen MR) is 152 cm³/mol. The van der Waals surface area contributed by atoms with Crippen molar-refractivity contribution in [1.82, 2.24) is 5.32 Å². The van der Waals surface area contributed by atoms with Gasteiger partial charge in [0, 0.05) is 15.6 Å². The van der Waals surface area contributed by atoms with Crippen molar-refractivity contribution >= 4 is 87.0 Å². The molecule has 40 heavy (non-hydrogen) atoms. The van der Waals surface area contributed by atoms with Gasteiger partial charge >= 0.3 is 12.2 Å². The maximum Gasteiger partial charge on any atom is 0.416 e. The van der Waals surface area contributed by atoms with Crippen molar-refractivity contribution in [3.8, 4) is 11.5 Å². The maximum atomic E-state index is 13.3. The first-order chi connectivity index (χ1) is 18.8. The van der Waals surface area contributed by atoms with Crippen molar-refractivity contribution in [2.45, 2.75) is 12.8 Å². The molecule has 208 valence electrons. The second-order valence-corrected chi connectivity index (χ2v) is 10.6. The first-order valence-corrected chi connectivity index (χ1v) is 13.2. The molecule has 0 atom stereocenters. The lowest BCUT2D eigenvalue weighted by Crippen LogP contribution is -2.54. The highest BCUT2D eigenvalue weighted by molar-refractivity contribution is 14.1. The zero-order valence-electron chi connectivity index (χ0n) is 20.0. The van der Waals surface area contributed by atoms with Gasteiger partial charge in [0.1, 0.15) is 12.2 Å². The molecule has 3 aromatic carbocycles. The average Bonchev–Trinajstić information content (AvgIpc) is 2.86. The smallest absolute Gasteiger partial charge is 0.416 e. The van der Waals surface area contributed by atoms with E-state index in [0.717, 1.165) is 6.07 Å². The Hall–Kier alpha value is -3.00. The van der Waals surface area contributed by atoms with Crippen LogP contribution in [0.1, 0.15) is 16.7 Å². The molecule has 4 amide bonds. The summed E-state index contributed by atoms with van der Waals surface area (Å²) in [5.41, 5.74) is -1.22. The molecule has 1 N–H and O–H groups in total. The highest BCUT2D eigenvalue weighted by atomic mass is 127. The third-order valence-corrected chi connectivity index (χ3v) is 7.27. The van der Waals surface area contributed by atoms with Crippen LogP contribution in [0.15, 0.2) is 54.1 Å². The fourth-order valence-electron chi connectivity index (χ4n) is 3.66. The third kappa shape index (κ3) is 6.32. The Morgan fingerprint density at radius 2 is 1.73 bits per heavy atom. The number of rotatable bonds is 6. The van der Waals surface area contributed by atoms with E-state index in [0.29, 0.717) is 47.5 Å². The van der Waals surface area contributed by atoms with Gasteiger partial charge in [0.15, 0.2) is 11.5 Å². The number of barbiturate groups is 1. The summed E-state index contributed by atoms with van der Waals surface area (Å²) in [4.78, 5) is 38.7. The van der Waals surface area contributed by atoms with Crippen LogP contribution >= 0.6 is 57.4 Å². The number of carbonyl (C=O) groups excluding carboxylic acids is 3. The Morgan fingerprint density at radius 3 is 2.38 bits per heavy atom. The fraction of sp³-hybridized carbons (Fsp3) is 0.115. The third-order valence-electron chi connectivity index (χ3n) is 5.57. The molecule has 1 fully saturated rings. The number of nitrogens with one attached hydrogen (secondary N) is 1. The summed E-state index contributed by atoms with van der Waals surface area (Å²) in [7, 11) is 1.39. The van der Waals surface area contributed by atoms with E-state index in [1.165, 1.54) is 19.3 Å². The molecule has 1 saturated heterocycles. The van der Waals surface area contributed by atoms with Gasteiger partial charge in [-0.2, -0.15) is 13.2 Å². The number of hydrogen-bond acceptors (Lipinski definition) is 5. The Bertz CT molecular complexity index is 1580. The molecule has 14 heteroatoms. The summed E-state index contributed by atoms with van der Waals surface area (Å²) in [6.07, 6.45) is -3.60. The molecule has 1 aliphatic rings. The molecule has 0 bridgehead atoms. The van der Waals surface area contributed by atoms with E-state index in [1.807, 2.05) is 27.9 Å². The molecule has 0 aliphatic carbocycles. The normalized spacial score (nSPS) is 14.9. The van der Waals surface area contributed by atoms with Gasteiger partial charge in [-0.3, -0.25) is 14.9 Å². The molecule has 1 heterocycles. The number of imide groups is 2. The predicted octanol–water partition coefficient (Wildman–Crippen LogP) is 7.52. The van der Waals surface area contributed by atoms with Gasteiger partial charge in [-0.15, -0.1) is 0 Å². The number of anilines is 1. The van der Waals surface area contributed by atoms with Gasteiger partial charge in [0.05, 0.1) is 27.0 Å². The highest BCUT2D eigenvalue weighted by Gasteiger charge is 2.39. The monoisotopic (exact) mass is 724 g/mol. The molecule has 0 spiro atoms. The summed E-state index contributed by atoms with van der Waals surface area (Å²) in [5.74, 6) is -1.60. The van der Waals surface area contributed by atoms with Crippen LogP contribution in [0.4, 0.5) is 23.7 Å². The number of methoxy groups -OCH3 is 1. The largest absolute Gasteiger partial charge is 0.493 e.